The lowest BCUT2D eigenvalue weighted by Crippen LogP contribution is -2.07. The normalized spacial score (nSPS) is 13.0. The van der Waals surface area contributed by atoms with E-state index in [4.69, 9.17) is 4.74 Å². The van der Waals surface area contributed by atoms with Crippen LogP contribution in [0, 0.1) is 5.82 Å². The zero-order valence-corrected chi connectivity index (χ0v) is 10.4. The summed E-state index contributed by atoms with van der Waals surface area (Å²) >= 11 is 0. The van der Waals surface area contributed by atoms with Crippen molar-refractivity contribution < 1.29 is 13.3 Å². The van der Waals surface area contributed by atoms with Crippen LogP contribution in [0.15, 0.2) is 29.2 Å². The first-order valence-electron chi connectivity index (χ1n) is 5.35. The molecule has 0 fully saturated rings. The fraction of sp³-hybridized carbons (Fsp3) is 0.500. The molecule has 1 aromatic carbocycles. The summed E-state index contributed by atoms with van der Waals surface area (Å²) in [6.07, 6.45) is 0.920. The number of ether oxygens (including phenoxy) is 1. The largest absolute Gasteiger partial charge is 0.379 e. The Hall–Kier alpha value is -0.740. The Balaban J connectivity index is 2.35. The zero-order valence-electron chi connectivity index (χ0n) is 9.61. The van der Waals surface area contributed by atoms with Crippen molar-refractivity contribution in [1.82, 2.24) is 0 Å². The van der Waals surface area contributed by atoms with E-state index < -0.39 is 10.8 Å². The second-order valence-electron chi connectivity index (χ2n) is 3.78. The highest BCUT2D eigenvalue weighted by atomic mass is 32.2. The van der Waals surface area contributed by atoms with Crippen LogP contribution in [0.3, 0.4) is 0 Å². The minimum Gasteiger partial charge on any atom is -0.379 e. The van der Waals surface area contributed by atoms with Crippen LogP contribution in [-0.2, 0) is 15.5 Å². The Kier molecular flexibility index (Phi) is 5.63. The Morgan fingerprint density at radius 2 is 2.19 bits per heavy atom. The van der Waals surface area contributed by atoms with E-state index in [1.807, 2.05) is 13.8 Å². The highest BCUT2D eigenvalue weighted by Crippen LogP contribution is 2.09. The quantitative estimate of drug-likeness (QED) is 0.719. The first kappa shape index (κ1) is 13.3. The summed E-state index contributed by atoms with van der Waals surface area (Å²) in [5.74, 6) is 0.167. The molecule has 1 rings (SSSR count). The lowest BCUT2D eigenvalue weighted by Gasteiger charge is -2.07. The molecule has 0 N–H and O–H groups in total. The molecule has 0 radical (unpaired) electrons. The first-order valence-corrected chi connectivity index (χ1v) is 6.67. The fourth-order valence-electron chi connectivity index (χ4n) is 1.24. The van der Waals surface area contributed by atoms with Gasteiger partial charge in [0.2, 0.25) is 0 Å². The van der Waals surface area contributed by atoms with E-state index in [1.165, 1.54) is 12.1 Å². The molecule has 0 aliphatic carbocycles. The maximum Gasteiger partial charge on any atom is 0.124 e. The number of rotatable bonds is 6. The predicted molar refractivity (Wildman–Crippen MR) is 63.4 cm³/mol. The van der Waals surface area contributed by atoms with Crippen LogP contribution in [0.2, 0.25) is 0 Å². The SMILES string of the molecule is CC(C)OCCCS(=O)c1cccc(F)c1. The molecule has 1 atom stereocenters. The lowest BCUT2D eigenvalue weighted by molar-refractivity contribution is 0.0798. The van der Waals surface area contributed by atoms with Crippen LogP contribution in [-0.4, -0.2) is 22.7 Å². The second kappa shape index (κ2) is 6.76. The lowest BCUT2D eigenvalue weighted by atomic mass is 10.4. The number of hydrogen-bond donors (Lipinski definition) is 0. The Labute approximate surface area is 98.3 Å². The van der Waals surface area contributed by atoms with Crippen LogP contribution in [0.4, 0.5) is 4.39 Å². The van der Waals surface area contributed by atoms with Crippen molar-refractivity contribution in [2.45, 2.75) is 31.3 Å². The van der Waals surface area contributed by atoms with Gasteiger partial charge < -0.3 is 4.74 Å². The topological polar surface area (TPSA) is 26.3 Å². The van der Waals surface area contributed by atoms with E-state index in [1.54, 1.807) is 12.1 Å². The molecular formula is C12H17FO2S. The van der Waals surface area contributed by atoms with Gasteiger partial charge in [0.25, 0.3) is 0 Å². The van der Waals surface area contributed by atoms with Crippen molar-refractivity contribution in [2.75, 3.05) is 12.4 Å². The third-order valence-corrected chi connectivity index (χ3v) is 3.42. The van der Waals surface area contributed by atoms with Crippen molar-refractivity contribution in [1.29, 1.82) is 0 Å². The molecule has 0 spiro atoms. The summed E-state index contributed by atoms with van der Waals surface area (Å²) < 4.78 is 29.9. The molecule has 1 aromatic rings. The van der Waals surface area contributed by atoms with Gasteiger partial charge in [-0.15, -0.1) is 0 Å². The summed E-state index contributed by atoms with van der Waals surface area (Å²) in [6, 6.07) is 5.93. The van der Waals surface area contributed by atoms with Gasteiger partial charge in [-0.2, -0.15) is 0 Å². The van der Waals surface area contributed by atoms with Gasteiger partial charge in [-0.1, -0.05) is 6.07 Å². The highest BCUT2D eigenvalue weighted by molar-refractivity contribution is 7.85. The van der Waals surface area contributed by atoms with Gasteiger partial charge >= 0.3 is 0 Å². The van der Waals surface area contributed by atoms with Gasteiger partial charge in [-0.05, 0) is 38.5 Å². The van der Waals surface area contributed by atoms with Crippen molar-refractivity contribution in [3.63, 3.8) is 0 Å². The Morgan fingerprint density at radius 1 is 1.44 bits per heavy atom. The third kappa shape index (κ3) is 4.86. The molecule has 0 saturated carbocycles. The smallest absolute Gasteiger partial charge is 0.124 e. The molecule has 90 valence electrons. The molecule has 4 heteroatoms. The zero-order chi connectivity index (χ0) is 12.0. The van der Waals surface area contributed by atoms with E-state index >= 15 is 0 Å². The third-order valence-electron chi connectivity index (χ3n) is 1.98. The van der Waals surface area contributed by atoms with Crippen LogP contribution in [0.5, 0.6) is 0 Å². The Morgan fingerprint density at radius 3 is 2.81 bits per heavy atom. The number of halogens is 1. The van der Waals surface area contributed by atoms with E-state index in [0.717, 1.165) is 6.42 Å². The number of benzene rings is 1. The van der Waals surface area contributed by atoms with Crippen LogP contribution < -0.4 is 0 Å². The van der Waals surface area contributed by atoms with Gasteiger partial charge in [-0.25, -0.2) is 4.39 Å². The van der Waals surface area contributed by atoms with Gasteiger partial charge in [-0.3, -0.25) is 4.21 Å². The minimum absolute atomic E-state index is 0.197. The first-order chi connectivity index (χ1) is 7.59. The maximum atomic E-state index is 12.9. The summed E-state index contributed by atoms with van der Waals surface area (Å²) in [7, 11) is -1.13. The molecule has 0 amide bonds. The van der Waals surface area contributed by atoms with Crippen molar-refractivity contribution in [2.24, 2.45) is 0 Å². The molecule has 1 unspecified atom stereocenters. The molecule has 0 aliphatic heterocycles. The average Bonchev–Trinajstić information content (AvgIpc) is 2.24. The van der Waals surface area contributed by atoms with E-state index in [9.17, 15) is 8.60 Å². The molecule has 0 saturated heterocycles. The van der Waals surface area contributed by atoms with Gasteiger partial charge in [0.1, 0.15) is 5.82 Å². The summed E-state index contributed by atoms with van der Waals surface area (Å²) in [6.45, 7) is 4.52. The maximum absolute atomic E-state index is 12.9. The van der Waals surface area contributed by atoms with E-state index in [2.05, 4.69) is 0 Å². The van der Waals surface area contributed by atoms with Crippen LogP contribution in [0.1, 0.15) is 20.3 Å². The minimum atomic E-state index is -1.13. The summed E-state index contributed by atoms with van der Waals surface area (Å²) in [4.78, 5) is 0.546. The molecular weight excluding hydrogens is 227 g/mol. The van der Waals surface area contributed by atoms with Crippen LogP contribution >= 0.6 is 0 Å². The van der Waals surface area contributed by atoms with Crippen molar-refractivity contribution in [3.8, 4) is 0 Å². The molecule has 16 heavy (non-hydrogen) atoms. The van der Waals surface area contributed by atoms with Crippen molar-refractivity contribution in [3.05, 3.63) is 30.1 Å². The molecule has 0 bridgehead atoms. The van der Waals surface area contributed by atoms with Gasteiger partial charge in [0.05, 0.1) is 16.9 Å². The van der Waals surface area contributed by atoms with E-state index in [0.29, 0.717) is 17.3 Å². The standard InChI is InChI=1S/C12H17FO2S/c1-10(2)15-7-4-8-16(14)12-6-3-5-11(13)9-12/h3,5-6,9-10H,4,7-8H2,1-2H3. The summed E-state index contributed by atoms with van der Waals surface area (Å²) in [5.41, 5.74) is 0. The monoisotopic (exact) mass is 244 g/mol. The molecule has 0 heterocycles. The van der Waals surface area contributed by atoms with Gasteiger partial charge in [0.15, 0.2) is 0 Å². The average molecular weight is 244 g/mol. The van der Waals surface area contributed by atoms with Gasteiger partial charge in [0, 0.05) is 17.3 Å². The van der Waals surface area contributed by atoms with Crippen molar-refractivity contribution >= 4 is 10.8 Å². The highest BCUT2D eigenvalue weighted by Gasteiger charge is 2.04. The molecule has 0 aromatic heterocycles. The molecule has 0 aliphatic rings. The fourth-order valence-corrected chi connectivity index (χ4v) is 2.33. The number of hydrogen-bond acceptors (Lipinski definition) is 2. The summed E-state index contributed by atoms with van der Waals surface area (Å²) in [5, 5.41) is 0. The predicted octanol–water partition coefficient (Wildman–Crippen LogP) is 2.75. The van der Waals surface area contributed by atoms with Crippen LogP contribution in [0.25, 0.3) is 0 Å². The second-order valence-corrected chi connectivity index (χ2v) is 5.35. The van der Waals surface area contributed by atoms with E-state index in [-0.39, 0.29) is 11.9 Å². The molecule has 2 nitrogen and oxygen atoms in total. The Bertz CT molecular complexity index is 353.